The van der Waals surface area contributed by atoms with Crippen molar-refractivity contribution in [2.75, 3.05) is 7.05 Å². The fourth-order valence-electron chi connectivity index (χ4n) is 1.80. The predicted molar refractivity (Wildman–Crippen MR) is 57.4 cm³/mol. The summed E-state index contributed by atoms with van der Waals surface area (Å²) in [7, 11) is 1.50. The van der Waals surface area contributed by atoms with E-state index in [0.717, 1.165) is 0 Å². The van der Waals surface area contributed by atoms with Gasteiger partial charge in [-0.2, -0.15) is 0 Å². The van der Waals surface area contributed by atoms with Gasteiger partial charge in [-0.3, -0.25) is 14.4 Å². The number of hydrogen-bond acceptors (Lipinski definition) is 3. The van der Waals surface area contributed by atoms with Gasteiger partial charge in [0.1, 0.15) is 18.1 Å². The standard InChI is InChI=1S/C10H17N3O3/c1-5-10(16)13(6(2)8(14)11-4)7(3)9(15)12-5/h5-7H,1-4H3,(H,11,14)(H,12,15). The summed E-state index contributed by atoms with van der Waals surface area (Å²) < 4.78 is 0. The van der Waals surface area contributed by atoms with E-state index in [9.17, 15) is 14.4 Å². The van der Waals surface area contributed by atoms with Crippen LogP contribution < -0.4 is 10.6 Å². The van der Waals surface area contributed by atoms with Crippen molar-refractivity contribution < 1.29 is 14.4 Å². The Morgan fingerprint density at radius 1 is 1.44 bits per heavy atom. The van der Waals surface area contributed by atoms with Crippen molar-refractivity contribution in [3.05, 3.63) is 0 Å². The quantitative estimate of drug-likeness (QED) is 0.625. The minimum Gasteiger partial charge on any atom is -0.357 e. The van der Waals surface area contributed by atoms with Crippen LogP contribution in [0.3, 0.4) is 0 Å². The second kappa shape index (κ2) is 4.51. The van der Waals surface area contributed by atoms with E-state index in [1.165, 1.54) is 11.9 Å². The largest absolute Gasteiger partial charge is 0.357 e. The number of likely N-dealkylation sites (N-methyl/N-ethyl adjacent to an activating group) is 1. The van der Waals surface area contributed by atoms with Gasteiger partial charge in [0.15, 0.2) is 0 Å². The van der Waals surface area contributed by atoms with Crippen molar-refractivity contribution in [1.29, 1.82) is 0 Å². The van der Waals surface area contributed by atoms with Gasteiger partial charge in [0.05, 0.1) is 0 Å². The van der Waals surface area contributed by atoms with E-state index in [2.05, 4.69) is 10.6 Å². The molecule has 1 rings (SSSR count). The molecule has 16 heavy (non-hydrogen) atoms. The van der Waals surface area contributed by atoms with Gasteiger partial charge in [0, 0.05) is 7.05 Å². The average Bonchev–Trinajstić information content (AvgIpc) is 2.25. The number of rotatable bonds is 2. The molecule has 0 aromatic heterocycles. The van der Waals surface area contributed by atoms with E-state index in [1.807, 2.05) is 0 Å². The van der Waals surface area contributed by atoms with E-state index in [0.29, 0.717) is 0 Å². The Hall–Kier alpha value is -1.59. The highest BCUT2D eigenvalue weighted by Crippen LogP contribution is 2.13. The van der Waals surface area contributed by atoms with E-state index in [-0.39, 0.29) is 17.7 Å². The molecular formula is C10H17N3O3. The van der Waals surface area contributed by atoms with Crippen molar-refractivity contribution in [1.82, 2.24) is 15.5 Å². The molecule has 6 heteroatoms. The van der Waals surface area contributed by atoms with Crippen LogP contribution in [0.25, 0.3) is 0 Å². The lowest BCUT2D eigenvalue weighted by atomic mass is 10.1. The number of carbonyl (C=O) groups is 3. The minimum absolute atomic E-state index is 0.233. The van der Waals surface area contributed by atoms with E-state index in [1.54, 1.807) is 20.8 Å². The molecule has 0 bridgehead atoms. The van der Waals surface area contributed by atoms with Gasteiger partial charge < -0.3 is 15.5 Å². The highest BCUT2D eigenvalue weighted by atomic mass is 16.2. The van der Waals surface area contributed by atoms with Crippen LogP contribution in [0.15, 0.2) is 0 Å². The van der Waals surface area contributed by atoms with Crippen LogP contribution >= 0.6 is 0 Å². The van der Waals surface area contributed by atoms with Gasteiger partial charge >= 0.3 is 0 Å². The molecule has 0 aliphatic carbocycles. The number of amides is 3. The van der Waals surface area contributed by atoms with Crippen LogP contribution in [0.4, 0.5) is 0 Å². The average molecular weight is 227 g/mol. The maximum Gasteiger partial charge on any atom is 0.246 e. The first kappa shape index (κ1) is 12.5. The third kappa shape index (κ3) is 2.00. The molecule has 1 heterocycles. The first-order valence-corrected chi connectivity index (χ1v) is 5.24. The Morgan fingerprint density at radius 3 is 2.50 bits per heavy atom. The van der Waals surface area contributed by atoms with Crippen LogP contribution in [0.2, 0.25) is 0 Å². The number of nitrogens with one attached hydrogen (secondary N) is 2. The molecule has 3 atom stereocenters. The summed E-state index contributed by atoms with van der Waals surface area (Å²) in [5, 5.41) is 5.03. The van der Waals surface area contributed by atoms with E-state index < -0.39 is 18.1 Å². The molecule has 0 aromatic carbocycles. The van der Waals surface area contributed by atoms with Crippen LogP contribution in [0.5, 0.6) is 0 Å². The van der Waals surface area contributed by atoms with Crippen LogP contribution in [-0.2, 0) is 14.4 Å². The van der Waals surface area contributed by atoms with Gasteiger partial charge in [-0.1, -0.05) is 0 Å². The molecule has 0 saturated carbocycles. The summed E-state index contributed by atoms with van der Waals surface area (Å²) in [5.41, 5.74) is 0. The van der Waals surface area contributed by atoms with Crippen molar-refractivity contribution in [3.63, 3.8) is 0 Å². The zero-order valence-corrected chi connectivity index (χ0v) is 9.90. The van der Waals surface area contributed by atoms with Gasteiger partial charge in [0.25, 0.3) is 0 Å². The zero-order chi connectivity index (χ0) is 12.5. The molecule has 90 valence electrons. The first-order valence-electron chi connectivity index (χ1n) is 5.24. The topological polar surface area (TPSA) is 78.5 Å². The third-order valence-corrected chi connectivity index (χ3v) is 2.82. The highest BCUT2D eigenvalue weighted by molar-refractivity contribution is 5.99. The van der Waals surface area contributed by atoms with Gasteiger partial charge in [-0.05, 0) is 20.8 Å². The van der Waals surface area contributed by atoms with Crippen LogP contribution in [0.1, 0.15) is 20.8 Å². The molecule has 6 nitrogen and oxygen atoms in total. The molecule has 3 amide bonds. The number of nitrogens with zero attached hydrogens (tertiary/aromatic N) is 1. The lowest BCUT2D eigenvalue weighted by Crippen LogP contribution is -2.65. The van der Waals surface area contributed by atoms with Crippen molar-refractivity contribution in [3.8, 4) is 0 Å². The third-order valence-electron chi connectivity index (χ3n) is 2.82. The summed E-state index contributed by atoms with van der Waals surface area (Å²) >= 11 is 0. The number of piperazine rings is 1. The fourth-order valence-corrected chi connectivity index (χ4v) is 1.80. The van der Waals surface area contributed by atoms with Crippen molar-refractivity contribution in [2.24, 2.45) is 0 Å². The second-order valence-electron chi connectivity index (χ2n) is 3.94. The lowest BCUT2D eigenvalue weighted by Gasteiger charge is -2.39. The Labute approximate surface area is 94.4 Å². The van der Waals surface area contributed by atoms with Crippen molar-refractivity contribution in [2.45, 2.75) is 38.9 Å². The summed E-state index contributed by atoms with van der Waals surface area (Å²) in [4.78, 5) is 36.2. The molecule has 0 radical (unpaired) electrons. The van der Waals surface area contributed by atoms with E-state index in [4.69, 9.17) is 0 Å². The Bertz CT molecular complexity index is 329. The number of carbonyl (C=O) groups excluding carboxylic acids is 3. The predicted octanol–water partition coefficient (Wildman–Crippen LogP) is -1.14. The molecule has 1 aliphatic rings. The first-order chi connectivity index (χ1) is 7.40. The molecular weight excluding hydrogens is 210 g/mol. The summed E-state index contributed by atoms with van der Waals surface area (Å²) in [6.45, 7) is 4.83. The van der Waals surface area contributed by atoms with Crippen LogP contribution in [0, 0.1) is 0 Å². The molecule has 1 saturated heterocycles. The number of hydrogen-bond donors (Lipinski definition) is 2. The van der Waals surface area contributed by atoms with E-state index >= 15 is 0 Å². The molecule has 2 N–H and O–H groups in total. The van der Waals surface area contributed by atoms with Gasteiger partial charge in [0.2, 0.25) is 17.7 Å². The van der Waals surface area contributed by atoms with Crippen molar-refractivity contribution >= 4 is 17.7 Å². The smallest absolute Gasteiger partial charge is 0.246 e. The van der Waals surface area contributed by atoms with Gasteiger partial charge in [-0.25, -0.2) is 0 Å². The lowest BCUT2D eigenvalue weighted by molar-refractivity contribution is -0.153. The minimum atomic E-state index is -0.638. The molecule has 0 aromatic rings. The zero-order valence-electron chi connectivity index (χ0n) is 9.90. The fraction of sp³-hybridized carbons (Fsp3) is 0.700. The van der Waals surface area contributed by atoms with Crippen LogP contribution in [-0.4, -0.2) is 47.8 Å². The monoisotopic (exact) mass is 227 g/mol. The second-order valence-corrected chi connectivity index (χ2v) is 3.94. The summed E-state index contributed by atoms with van der Waals surface area (Å²) in [6.07, 6.45) is 0. The maximum atomic E-state index is 11.9. The normalized spacial score (nSPS) is 27.4. The van der Waals surface area contributed by atoms with Gasteiger partial charge in [-0.15, -0.1) is 0 Å². The SMILES string of the molecule is CNC(=O)C(C)N1C(=O)C(C)NC(=O)C1C. The maximum absolute atomic E-state index is 11.9. The Morgan fingerprint density at radius 2 is 2.00 bits per heavy atom. The molecule has 3 unspecified atom stereocenters. The summed E-state index contributed by atoms with van der Waals surface area (Å²) in [6, 6.07) is -1.83. The Balaban J connectivity index is 2.94. The highest BCUT2D eigenvalue weighted by Gasteiger charge is 2.40. The molecule has 1 fully saturated rings. The molecule has 1 aliphatic heterocycles. The summed E-state index contributed by atoms with van der Waals surface area (Å²) in [5.74, 6) is -0.742. The molecule has 0 spiro atoms. The Kier molecular flexibility index (Phi) is 3.51.